The van der Waals surface area contributed by atoms with E-state index in [1.165, 1.54) is 54.8 Å². The first-order chi connectivity index (χ1) is 20.7. The minimum Gasteiger partial charge on any atom is -0.453 e. The number of methoxy groups -OCH3 is 1. The van der Waals surface area contributed by atoms with E-state index in [1.54, 1.807) is 44.8 Å². The van der Waals surface area contributed by atoms with E-state index in [-0.39, 0.29) is 36.0 Å². The minimum absolute atomic E-state index is 0.0912. The van der Waals surface area contributed by atoms with Gasteiger partial charge in [-0.1, -0.05) is 38.2 Å². The molecular formula is C30H42N8O5. The largest absolute Gasteiger partial charge is 0.453 e. The summed E-state index contributed by atoms with van der Waals surface area (Å²) >= 11 is 0. The van der Waals surface area contributed by atoms with Crippen LogP contribution in [0.3, 0.4) is 0 Å². The minimum atomic E-state index is -0.745. The van der Waals surface area contributed by atoms with Gasteiger partial charge in [0.1, 0.15) is 23.4 Å². The number of allylic oxidation sites excluding steroid dienone is 1. The predicted molar refractivity (Wildman–Crippen MR) is 163 cm³/mol. The first-order valence-corrected chi connectivity index (χ1v) is 14.6. The van der Waals surface area contributed by atoms with Gasteiger partial charge in [-0.3, -0.25) is 14.4 Å². The van der Waals surface area contributed by atoms with Gasteiger partial charge in [0.05, 0.1) is 19.3 Å². The van der Waals surface area contributed by atoms with Crippen molar-refractivity contribution >= 4 is 34.8 Å². The maximum Gasteiger partial charge on any atom is 0.404 e. The second-order valence-corrected chi connectivity index (χ2v) is 10.7. The first-order valence-electron chi connectivity index (χ1n) is 14.6. The van der Waals surface area contributed by atoms with E-state index in [2.05, 4.69) is 35.7 Å². The molecular weight excluding hydrogens is 552 g/mol. The summed E-state index contributed by atoms with van der Waals surface area (Å²) in [6.07, 6.45) is 15.8. The summed E-state index contributed by atoms with van der Waals surface area (Å²) in [6.45, 7) is 0.228. The number of nitrogens with one attached hydrogen (secondary N) is 2. The van der Waals surface area contributed by atoms with Crippen LogP contribution >= 0.6 is 0 Å². The molecule has 1 fully saturated rings. The summed E-state index contributed by atoms with van der Waals surface area (Å²) in [7, 11) is 4.60. The summed E-state index contributed by atoms with van der Waals surface area (Å²) in [5, 5.41) is 2.71. The summed E-state index contributed by atoms with van der Waals surface area (Å²) in [5.74, 6) is 1.04. The number of aromatic amines is 1. The average molecular weight is 595 g/mol. The number of nitrogens with two attached hydrogens (primary N) is 1. The highest BCUT2D eigenvalue weighted by atomic mass is 16.5. The van der Waals surface area contributed by atoms with E-state index in [4.69, 9.17) is 0 Å². The van der Waals surface area contributed by atoms with Gasteiger partial charge in [0, 0.05) is 26.7 Å². The fourth-order valence-electron chi connectivity index (χ4n) is 4.85. The molecule has 13 heteroatoms. The van der Waals surface area contributed by atoms with Crippen LogP contribution in [0.25, 0.3) is 11.2 Å². The number of anilines is 1. The van der Waals surface area contributed by atoms with Crippen molar-refractivity contribution in [3.8, 4) is 0 Å². The Morgan fingerprint density at radius 3 is 2.65 bits per heavy atom. The molecule has 3 amide bonds. The van der Waals surface area contributed by atoms with E-state index < -0.39 is 6.09 Å². The van der Waals surface area contributed by atoms with Gasteiger partial charge in [0.25, 0.3) is 5.56 Å². The van der Waals surface area contributed by atoms with Crippen molar-refractivity contribution in [2.45, 2.75) is 70.8 Å². The van der Waals surface area contributed by atoms with Gasteiger partial charge in [-0.25, -0.2) is 19.7 Å². The standard InChI is InChI=1S/C28H37N7O3.C2H5NO2/c1-34(2)25(37)14-8-4-7-13-24(36)31-22-12-9-17-35(28(22)38)18-23-32-26-21(29-19-30-27(26)33-23)16-15-20-10-5-3-6-11-20;1-5-2(3)4/h8-9,12,14,17,19-20H,3-7,10-11,13,15-16,18H2,1-2H3,(H,31,36)(H,29,30,32,33);1H3,(H2,3,4)/b14-8+;. The lowest BCUT2D eigenvalue weighted by Crippen LogP contribution is -2.26. The zero-order valence-corrected chi connectivity index (χ0v) is 25.2. The Bertz CT molecular complexity index is 1460. The van der Waals surface area contributed by atoms with Gasteiger partial charge in [0.15, 0.2) is 5.65 Å². The van der Waals surface area contributed by atoms with E-state index in [1.807, 2.05) is 0 Å². The molecule has 43 heavy (non-hydrogen) atoms. The average Bonchev–Trinajstić information content (AvgIpc) is 3.41. The van der Waals surface area contributed by atoms with Crippen LogP contribution in [-0.4, -0.2) is 68.5 Å². The molecule has 0 unspecified atom stereocenters. The summed E-state index contributed by atoms with van der Waals surface area (Å²) in [5.41, 5.74) is 6.75. The molecule has 232 valence electrons. The second kappa shape index (κ2) is 16.8. The Hall–Kier alpha value is -4.55. The number of primary amides is 1. The number of likely N-dealkylation sites (N-methyl/N-ethyl adjacent to an activating group) is 1. The van der Waals surface area contributed by atoms with Gasteiger partial charge in [0.2, 0.25) is 11.8 Å². The maximum atomic E-state index is 13.0. The number of hydrogen-bond donors (Lipinski definition) is 3. The highest BCUT2D eigenvalue weighted by Gasteiger charge is 2.16. The number of imidazole rings is 1. The van der Waals surface area contributed by atoms with Gasteiger partial charge < -0.3 is 30.2 Å². The second-order valence-electron chi connectivity index (χ2n) is 10.7. The van der Waals surface area contributed by atoms with Crippen molar-refractivity contribution in [2.75, 3.05) is 26.5 Å². The Morgan fingerprint density at radius 2 is 1.95 bits per heavy atom. The third kappa shape index (κ3) is 10.7. The molecule has 0 bridgehead atoms. The van der Waals surface area contributed by atoms with E-state index >= 15 is 0 Å². The Labute approximate surface area is 250 Å². The van der Waals surface area contributed by atoms with Crippen molar-refractivity contribution < 1.29 is 19.1 Å². The molecule has 3 aromatic heterocycles. The normalized spacial score (nSPS) is 13.4. The molecule has 13 nitrogen and oxygen atoms in total. The van der Waals surface area contributed by atoms with Crippen LogP contribution in [0.15, 0.2) is 41.6 Å². The van der Waals surface area contributed by atoms with E-state index in [0.29, 0.717) is 24.3 Å². The Morgan fingerprint density at radius 1 is 1.21 bits per heavy atom. The lowest BCUT2D eigenvalue weighted by molar-refractivity contribution is -0.123. The van der Waals surface area contributed by atoms with Crippen LogP contribution in [0.4, 0.5) is 10.5 Å². The number of hydrogen-bond acceptors (Lipinski definition) is 8. The molecule has 0 spiro atoms. The zero-order valence-electron chi connectivity index (χ0n) is 25.2. The van der Waals surface area contributed by atoms with Crippen molar-refractivity contribution in [3.05, 3.63) is 58.7 Å². The van der Waals surface area contributed by atoms with Gasteiger partial charge in [-0.2, -0.15) is 0 Å². The number of unbranched alkanes of at least 4 members (excludes halogenated alkanes) is 1. The predicted octanol–water partition coefficient (Wildman–Crippen LogP) is 3.54. The summed E-state index contributed by atoms with van der Waals surface area (Å²) in [4.78, 5) is 64.5. The molecule has 3 heterocycles. The van der Waals surface area contributed by atoms with Crippen LogP contribution in [0, 0.1) is 5.92 Å². The Kier molecular flexibility index (Phi) is 12.9. The number of aromatic nitrogens is 5. The van der Waals surface area contributed by atoms with Crippen molar-refractivity contribution in [3.63, 3.8) is 0 Å². The van der Waals surface area contributed by atoms with Gasteiger partial charge >= 0.3 is 6.09 Å². The van der Waals surface area contributed by atoms with Crippen molar-refractivity contribution in [2.24, 2.45) is 11.7 Å². The zero-order chi connectivity index (χ0) is 31.2. The lowest BCUT2D eigenvalue weighted by atomic mass is 9.86. The van der Waals surface area contributed by atoms with Crippen LogP contribution in [-0.2, 0) is 27.3 Å². The van der Waals surface area contributed by atoms with Gasteiger partial charge in [-0.05, 0) is 49.8 Å². The molecule has 4 N–H and O–H groups in total. The molecule has 1 aliphatic rings. The molecule has 4 rings (SSSR count). The number of amides is 3. The number of carbonyl (C=O) groups is 3. The maximum absolute atomic E-state index is 13.0. The summed E-state index contributed by atoms with van der Waals surface area (Å²) < 4.78 is 5.40. The molecule has 0 radical (unpaired) electrons. The monoisotopic (exact) mass is 594 g/mol. The van der Waals surface area contributed by atoms with Crippen LogP contribution in [0.2, 0.25) is 0 Å². The first kappa shape index (κ1) is 33.0. The highest BCUT2D eigenvalue weighted by Crippen LogP contribution is 2.28. The number of rotatable bonds is 11. The van der Waals surface area contributed by atoms with E-state index in [0.717, 1.165) is 30.0 Å². The third-order valence-electron chi connectivity index (χ3n) is 7.22. The number of pyridine rings is 1. The molecule has 0 aromatic carbocycles. The molecule has 3 aromatic rings. The highest BCUT2D eigenvalue weighted by molar-refractivity contribution is 5.90. The quantitative estimate of drug-likeness (QED) is 0.223. The number of ether oxygens (including phenoxy) is 1. The van der Waals surface area contributed by atoms with Crippen LogP contribution < -0.4 is 16.6 Å². The third-order valence-corrected chi connectivity index (χ3v) is 7.22. The number of H-pyrrole nitrogens is 1. The number of nitrogens with zero attached hydrogens (tertiary/aromatic N) is 5. The van der Waals surface area contributed by atoms with Gasteiger partial charge in [-0.15, -0.1) is 0 Å². The lowest BCUT2D eigenvalue weighted by Gasteiger charge is -2.21. The number of aryl methyl sites for hydroxylation is 1. The molecule has 1 saturated carbocycles. The van der Waals surface area contributed by atoms with Crippen molar-refractivity contribution in [1.82, 2.24) is 29.4 Å². The molecule has 0 saturated heterocycles. The fraction of sp³-hybridized carbons (Fsp3) is 0.500. The molecule has 0 atom stereocenters. The van der Waals surface area contributed by atoms with Crippen LogP contribution in [0.1, 0.15) is 69.3 Å². The smallest absolute Gasteiger partial charge is 0.404 e. The van der Waals surface area contributed by atoms with Crippen LogP contribution in [0.5, 0.6) is 0 Å². The fourth-order valence-corrected chi connectivity index (χ4v) is 4.85. The molecule has 0 aliphatic heterocycles. The number of fused-ring (bicyclic) bond motifs is 1. The molecule has 1 aliphatic carbocycles. The Balaban J connectivity index is 0.000000934. The van der Waals surface area contributed by atoms with E-state index in [9.17, 15) is 19.2 Å². The SMILES string of the molecule is CN(C)C(=O)/C=C/CCCC(=O)Nc1cccn(Cc2nc3ncnc(CCC4CCCCC4)c3[nH]2)c1=O.COC(N)=O. The van der Waals surface area contributed by atoms with Crippen molar-refractivity contribution in [1.29, 1.82) is 0 Å². The summed E-state index contributed by atoms with van der Waals surface area (Å²) in [6, 6.07) is 3.32. The number of carbonyl (C=O) groups excluding carboxylic acids is 3. The topological polar surface area (TPSA) is 178 Å².